The van der Waals surface area contributed by atoms with Crippen molar-refractivity contribution in [1.82, 2.24) is 16.0 Å². The third-order valence-electron chi connectivity index (χ3n) is 5.05. The Morgan fingerprint density at radius 2 is 1.62 bits per heavy atom. The molecule has 26 heavy (non-hydrogen) atoms. The summed E-state index contributed by atoms with van der Waals surface area (Å²) in [6.45, 7) is 4.30. The lowest BCUT2D eigenvalue weighted by atomic mass is 9.78. The maximum Gasteiger partial charge on any atom is 0.224 e. The predicted molar refractivity (Wildman–Crippen MR) is 104 cm³/mol. The third kappa shape index (κ3) is 7.04. The van der Waals surface area contributed by atoms with Gasteiger partial charge in [0.1, 0.15) is 0 Å². The van der Waals surface area contributed by atoms with Gasteiger partial charge in [0.05, 0.1) is 11.5 Å². The van der Waals surface area contributed by atoms with Crippen LogP contribution in [0.15, 0.2) is 0 Å². The minimum absolute atomic E-state index is 0. The van der Waals surface area contributed by atoms with E-state index in [-0.39, 0.29) is 53.6 Å². The van der Waals surface area contributed by atoms with E-state index in [1.54, 1.807) is 0 Å². The molecule has 2 amide bonds. The quantitative estimate of drug-likeness (QED) is 0.510. The highest BCUT2D eigenvalue weighted by molar-refractivity contribution is 7.91. The lowest BCUT2D eigenvalue weighted by Crippen LogP contribution is -2.47. The van der Waals surface area contributed by atoms with Gasteiger partial charge in [-0.1, -0.05) is 19.8 Å². The standard InChI is InChI=1S/C17H31N3O4S.ClH/c1-2-8-18-9-10-19-16(21)14-5-3-4-6-15(14)17(22)20-13-7-11-25(23,24)12-13;/h13-15,18H,2-12H2,1H3,(H,19,21)(H,20,22);1H. The summed E-state index contributed by atoms with van der Waals surface area (Å²) in [6.07, 6.45) is 4.82. The van der Waals surface area contributed by atoms with E-state index in [9.17, 15) is 18.0 Å². The van der Waals surface area contributed by atoms with Gasteiger partial charge in [0.25, 0.3) is 0 Å². The highest BCUT2D eigenvalue weighted by Crippen LogP contribution is 2.30. The fraction of sp³-hybridized carbons (Fsp3) is 0.882. The lowest BCUT2D eigenvalue weighted by Gasteiger charge is -2.30. The molecule has 1 aliphatic heterocycles. The second-order valence-electron chi connectivity index (χ2n) is 7.15. The molecule has 3 atom stereocenters. The Hall–Kier alpha value is -0.860. The first kappa shape index (κ1) is 23.2. The van der Waals surface area contributed by atoms with Crippen molar-refractivity contribution in [3.05, 3.63) is 0 Å². The predicted octanol–water partition coefficient (Wildman–Crippen LogP) is 0.634. The molecule has 0 spiro atoms. The molecule has 1 saturated carbocycles. The van der Waals surface area contributed by atoms with E-state index >= 15 is 0 Å². The van der Waals surface area contributed by atoms with Gasteiger partial charge in [-0.25, -0.2) is 8.42 Å². The van der Waals surface area contributed by atoms with Gasteiger partial charge in [0, 0.05) is 31.0 Å². The number of rotatable bonds is 8. The summed E-state index contributed by atoms with van der Waals surface area (Å²) in [5.41, 5.74) is 0. The molecule has 2 rings (SSSR count). The number of hydrogen-bond acceptors (Lipinski definition) is 5. The van der Waals surface area contributed by atoms with Gasteiger partial charge in [0.2, 0.25) is 11.8 Å². The van der Waals surface area contributed by atoms with Gasteiger partial charge >= 0.3 is 0 Å². The summed E-state index contributed by atoms with van der Waals surface area (Å²) in [6, 6.07) is -0.304. The fourth-order valence-electron chi connectivity index (χ4n) is 3.68. The van der Waals surface area contributed by atoms with Gasteiger partial charge in [-0.15, -0.1) is 12.4 Å². The van der Waals surface area contributed by atoms with E-state index < -0.39 is 9.84 Å². The molecular weight excluding hydrogens is 378 g/mol. The smallest absolute Gasteiger partial charge is 0.224 e. The summed E-state index contributed by atoms with van der Waals surface area (Å²) in [7, 11) is -3.02. The van der Waals surface area contributed by atoms with Crippen molar-refractivity contribution < 1.29 is 18.0 Å². The zero-order valence-corrected chi connectivity index (χ0v) is 17.1. The summed E-state index contributed by atoms with van der Waals surface area (Å²) in [5.74, 6) is -0.718. The van der Waals surface area contributed by atoms with Gasteiger partial charge < -0.3 is 16.0 Å². The zero-order valence-electron chi connectivity index (χ0n) is 15.5. The SMILES string of the molecule is CCCNCCNC(=O)C1CCCCC1C(=O)NC1CCS(=O)(=O)C1.Cl. The molecular formula is C17H32ClN3O4S. The first-order chi connectivity index (χ1) is 11.9. The summed E-state index contributed by atoms with van der Waals surface area (Å²) in [5, 5.41) is 9.02. The average molecular weight is 410 g/mol. The Bertz CT molecular complexity index is 570. The number of halogens is 1. The van der Waals surface area contributed by atoms with Crippen LogP contribution in [0.2, 0.25) is 0 Å². The molecule has 0 aromatic heterocycles. The molecule has 1 aliphatic carbocycles. The maximum atomic E-state index is 12.6. The van der Waals surface area contributed by atoms with E-state index in [1.807, 2.05) is 0 Å². The Balaban J connectivity index is 0.00000338. The van der Waals surface area contributed by atoms with Crippen LogP contribution in [0.25, 0.3) is 0 Å². The molecule has 0 bridgehead atoms. The van der Waals surface area contributed by atoms with Crippen molar-refractivity contribution in [1.29, 1.82) is 0 Å². The lowest BCUT2D eigenvalue weighted by molar-refractivity contribution is -0.136. The summed E-state index contributed by atoms with van der Waals surface area (Å²) in [4.78, 5) is 25.1. The molecule has 152 valence electrons. The third-order valence-corrected chi connectivity index (χ3v) is 6.81. The molecule has 9 heteroatoms. The second kappa shape index (κ2) is 11.1. The van der Waals surface area contributed by atoms with Crippen LogP contribution in [-0.2, 0) is 19.4 Å². The van der Waals surface area contributed by atoms with Crippen LogP contribution in [0.1, 0.15) is 45.4 Å². The number of hydrogen-bond donors (Lipinski definition) is 3. The molecule has 1 saturated heterocycles. The van der Waals surface area contributed by atoms with Crippen molar-refractivity contribution in [2.24, 2.45) is 11.8 Å². The van der Waals surface area contributed by atoms with Crippen molar-refractivity contribution in [3.63, 3.8) is 0 Å². The summed E-state index contributed by atoms with van der Waals surface area (Å²) < 4.78 is 23.1. The van der Waals surface area contributed by atoms with E-state index in [1.165, 1.54) is 0 Å². The van der Waals surface area contributed by atoms with E-state index in [2.05, 4.69) is 22.9 Å². The normalized spacial score (nSPS) is 27.3. The first-order valence-electron chi connectivity index (χ1n) is 9.42. The number of nitrogens with one attached hydrogen (secondary N) is 3. The topological polar surface area (TPSA) is 104 Å². The second-order valence-corrected chi connectivity index (χ2v) is 9.38. The van der Waals surface area contributed by atoms with Crippen LogP contribution in [-0.4, -0.2) is 57.4 Å². The minimum atomic E-state index is -3.02. The number of carbonyl (C=O) groups excluding carboxylic acids is 2. The van der Waals surface area contributed by atoms with Gasteiger partial charge in [-0.2, -0.15) is 0 Å². The van der Waals surface area contributed by atoms with E-state index in [4.69, 9.17) is 0 Å². The van der Waals surface area contributed by atoms with Crippen molar-refractivity contribution in [3.8, 4) is 0 Å². The van der Waals surface area contributed by atoms with Gasteiger partial charge in [0.15, 0.2) is 9.84 Å². The maximum absolute atomic E-state index is 12.6. The van der Waals surface area contributed by atoms with Crippen LogP contribution in [0, 0.1) is 11.8 Å². The van der Waals surface area contributed by atoms with E-state index in [0.717, 1.165) is 38.8 Å². The average Bonchev–Trinajstić information content (AvgIpc) is 2.93. The fourth-order valence-corrected chi connectivity index (χ4v) is 5.36. The first-order valence-corrected chi connectivity index (χ1v) is 11.2. The molecule has 0 aromatic rings. The van der Waals surface area contributed by atoms with Gasteiger partial charge in [-0.3, -0.25) is 9.59 Å². The zero-order chi connectivity index (χ0) is 18.3. The largest absolute Gasteiger partial charge is 0.355 e. The molecule has 0 radical (unpaired) electrons. The highest BCUT2D eigenvalue weighted by Gasteiger charge is 2.37. The molecule has 3 N–H and O–H groups in total. The molecule has 7 nitrogen and oxygen atoms in total. The molecule has 0 aromatic carbocycles. The number of carbonyl (C=O) groups is 2. The van der Waals surface area contributed by atoms with Crippen LogP contribution in [0.4, 0.5) is 0 Å². The summed E-state index contributed by atoms with van der Waals surface area (Å²) >= 11 is 0. The Morgan fingerprint density at radius 1 is 0.962 bits per heavy atom. The minimum Gasteiger partial charge on any atom is -0.355 e. The van der Waals surface area contributed by atoms with Crippen LogP contribution in [0.5, 0.6) is 0 Å². The Kier molecular flexibility index (Phi) is 9.89. The molecule has 1 heterocycles. The molecule has 3 unspecified atom stereocenters. The number of sulfone groups is 1. The van der Waals surface area contributed by atoms with Crippen molar-refractivity contribution in [2.45, 2.75) is 51.5 Å². The molecule has 2 aliphatic rings. The Morgan fingerprint density at radius 3 is 2.19 bits per heavy atom. The highest BCUT2D eigenvalue weighted by atomic mass is 35.5. The monoisotopic (exact) mass is 409 g/mol. The van der Waals surface area contributed by atoms with Crippen molar-refractivity contribution in [2.75, 3.05) is 31.1 Å². The van der Waals surface area contributed by atoms with Crippen LogP contribution < -0.4 is 16.0 Å². The van der Waals surface area contributed by atoms with Gasteiger partial charge in [-0.05, 0) is 32.2 Å². The van der Waals surface area contributed by atoms with Crippen LogP contribution >= 0.6 is 12.4 Å². The molecule has 2 fully saturated rings. The van der Waals surface area contributed by atoms with Crippen molar-refractivity contribution >= 4 is 34.1 Å². The number of amides is 2. The van der Waals surface area contributed by atoms with Crippen LogP contribution in [0.3, 0.4) is 0 Å². The Labute approximate surface area is 162 Å². The van der Waals surface area contributed by atoms with E-state index in [0.29, 0.717) is 19.4 Å².